The van der Waals surface area contributed by atoms with Crippen LogP contribution < -0.4 is 0 Å². The molecule has 0 radical (unpaired) electrons. The van der Waals surface area contributed by atoms with Crippen molar-refractivity contribution in [3.8, 4) is 0 Å². The van der Waals surface area contributed by atoms with E-state index in [9.17, 15) is 0 Å². The quantitative estimate of drug-likeness (QED) is 0.494. The lowest BCUT2D eigenvalue weighted by atomic mass is 10.2. The van der Waals surface area contributed by atoms with Gasteiger partial charge in [0, 0.05) is 5.70 Å². The highest BCUT2D eigenvalue weighted by atomic mass is 14.7. The van der Waals surface area contributed by atoms with Crippen molar-refractivity contribution in [3.63, 3.8) is 0 Å². The number of aliphatic imine (C=N–C) groups is 1. The topological polar surface area (TPSA) is 12.4 Å². The Kier molecular flexibility index (Phi) is 4.23. The van der Waals surface area contributed by atoms with Crippen molar-refractivity contribution in [1.29, 1.82) is 0 Å². The van der Waals surface area contributed by atoms with E-state index < -0.39 is 0 Å². The molecule has 8 heavy (non-hydrogen) atoms. The monoisotopic (exact) mass is 111 g/mol. The third-order valence-corrected chi connectivity index (χ3v) is 1.04. The first kappa shape index (κ1) is 7.41. The molecule has 0 heterocycles. The Hall–Kier alpha value is -0.590. The summed E-state index contributed by atoms with van der Waals surface area (Å²) in [6, 6.07) is 0. The van der Waals surface area contributed by atoms with Gasteiger partial charge in [-0.15, -0.1) is 0 Å². The number of unbranched alkanes of at least 4 members (excludes halogenated alkanes) is 1. The predicted molar refractivity (Wildman–Crippen MR) is 38.2 cm³/mol. The molecule has 1 nitrogen and oxygen atoms in total. The molecule has 0 spiro atoms. The molecule has 1 heteroatoms. The van der Waals surface area contributed by atoms with Crippen LogP contribution in [0.1, 0.15) is 26.2 Å². The molecule has 0 unspecified atom stereocenters. The lowest BCUT2D eigenvalue weighted by Crippen LogP contribution is -1.74. The van der Waals surface area contributed by atoms with Crippen molar-refractivity contribution >= 4 is 6.72 Å². The van der Waals surface area contributed by atoms with Crippen LogP contribution in [0, 0.1) is 0 Å². The Morgan fingerprint density at radius 1 is 1.62 bits per heavy atom. The molecule has 0 atom stereocenters. The second-order valence-corrected chi connectivity index (χ2v) is 1.83. The van der Waals surface area contributed by atoms with Crippen LogP contribution in [-0.4, -0.2) is 6.72 Å². The molecule has 0 aliphatic heterocycles. The summed E-state index contributed by atoms with van der Waals surface area (Å²) in [5.74, 6) is 0. The summed E-state index contributed by atoms with van der Waals surface area (Å²) in [5.41, 5.74) is 0.909. The highest BCUT2D eigenvalue weighted by Gasteiger charge is 1.85. The van der Waals surface area contributed by atoms with E-state index in [2.05, 4.69) is 25.2 Å². The highest BCUT2D eigenvalue weighted by Crippen LogP contribution is 2.03. The van der Waals surface area contributed by atoms with Crippen molar-refractivity contribution in [2.75, 3.05) is 0 Å². The summed E-state index contributed by atoms with van der Waals surface area (Å²) < 4.78 is 0. The van der Waals surface area contributed by atoms with Gasteiger partial charge in [-0.1, -0.05) is 19.9 Å². The SMILES string of the molecule is C=NC(=C)CCCC. The Bertz CT molecular complexity index is 84.4. The van der Waals surface area contributed by atoms with Crippen LogP contribution >= 0.6 is 0 Å². The van der Waals surface area contributed by atoms with Crippen molar-refractivity contribution in [2.24, 2.45) is 4.99 Å². The molecule has 0 aliphatic carbocycles. The summed E-state index contributed by atoms with van der Waals surface area (Å²) in [5, 5.41) is 0. The Balaban J connectivity index is 3.11. The molecule has 0 aliphatic rings. The zero-order chi connectivity index (χ0) is 6.41. The fraction of sp³-hybridized carbons (Fsp3) is 0.571. The molecule has 0 saturated heterocycles. The fourth-order valence-corrected chi connectivity index (χ4v) is 0.460. The van der Waals surface area contributed by atoms with E-state index in [1.807, 2.05) is 0 Å². The van der Waals surface area contributed by atoms with Gasteiger partial charge in [0.2, 0.25) is 0 Å². The maximum Gasteiger partial charge on any atom is 0.0324 e. The van der Waals surface area contributed by atoms with Crippen LogP contribution in [0.2, 0.25) is 0 Å². The van der Waals surface area contributed by atoms with Crippen molar-refractivity contribution < 1.29 is 0 Å². The first-order chi connectivity index (χ1) is 3.81. The molecule has 0 saturated carbocycles. The van der Waals surface area contributed by atoms with Gasteiger partial charge in [0.25, 0.3) is 0 Å². The van der Waals surface area contributed by atoms with E-state index >= 15 is 0 Å². The standard InChI is InChI=1S/C7H13N/c1-4-5-6-7(2)8-3/h2-6H2,1H3. The van der Waals surface area contributed by atoms with Gasteiger partial charge < -0.3 is 0 Å². The Morgan fingerprint density at radius 3 is 2.62 bits per heavy atom. The lowest BCUT2D eigenvalue weighted by Gasteiger charge is -1.93. The fourth-order valence-electron chi connectivity index (χ4n) is 0.460. The van der Waals surface area contributed by atoms with Gasteiger partial charge in [0.05, 0.1) is 0 Å². The number of hydrogen-bond acceptors (Lipinski definition) is 1. The van der Waals surface area contributed by atoms with Crippen LogP contribution in [-0.2, 0) is 0 Å². The first-order valence-corrected chi connectivity index (χ1v) is 2.95. The molecule has 46 valence electrons. The number of hydrogen-bond donors (Lipinski definition) is 0. The summed E-state index contributed by atoms with van der Waals surface area (Å²) in [6.07, 6.45) is 3.38. The van der Waals surface area contributed by atoms with Crippen molar-refractivity contribution in [3.05, 3.63) is 12.3 Å². The summed E-state index contributed by atoms with van der Waals surface area (Å²) >= 11 is 0. The van der Waals surface area contributed by atoms with Crippen molar-refractivity contribution in [2.45, 2.75) is 26.2 Å². The number of allylic oxidation sites excluding steroid dienone is 1. The minimum absolute atomic E-state index is 0.909. The predicted octanol–water partition coefficient (Wildman–Crippen LogP) is 2.39. The molecule has 0 rings (SSSR count). The van der Waals surface area contributed by atoms with Gasteiger partial charge in [0.1, 0.15) is 0 Å². The van der Waals surface area contributed by atoms with Crippen LogP contribution in [0.15, 0.2) is 17.3 Å². The normalized spacial score (nSPS) is 8.62. The third kappa shape index (κ3) is 3.59. The molecule has 0 N–H and O–H groups in total. The second kappa shape index (κ2) is 4.57. The summed E-state index contributed by atoms with van der Waals surface area (Å²) in [7, 11) is 0. The minimum Gasteiger partial charge on any atom is -0.270 e. The lowest BCUT2D eigenvalue weighted by molar-refractivity contribution is 0.785. The molecule has 0 fully saturated rings. The molecule has 0 aromatic carbocycles. The van der Waals surface area contributed by atoms with Gasteiger partial charge in [-0.2, -0.15) is 0 Å². The van der Waals surface area contributed by atoms with Crippen LogP contribution in [0.4, 0.5) is 0 Å². The number of nitrogens with zero attached hydrogens (tertiary/aromatic N) is 1. The molecule has 0 bridgehead atoms. The van der Waals surface area contributed by atoms with E-state index in [0.717, 1.165) is 12.1 Å². The highest BCUT2D eigenvalue weighted by molar-refractivity contribution is 5.27. The van der Waals surface area contributed by atoms with E-state index in [0.29, 0.717) is 0 Å². The van der Waals surface area contributed by atoms with E-state index in [1.165, 1.54) is 12.8 Å². The smallest absolute Gasteiger partial charge is 0.0324 e. The maximum atomic E-state index is 3.68. The van der Waals surface area contributed by atoms with Crippen LogP contribution in [0.5, 0.6) is 0 Å². The largest absolute Gasteiger partial charge is 0.270 e. The van der Waals surface area contributed by atoms with E-state index in [-0.39, 0.29) is 0 Å². The van der Waals surface area contributed by atoms with Gasteiger partial charge in [-0.3, -0.25) is 4.99 Å². The van der Waals surface area contributed by atoms with Gasteiger partial charge in [0.15, 0.2) is 0 Å². The average molecular weight is 111 g/mol. The molecular formula is C7H13N. The zero-order valence-corrected chi connectivity index (χ0v) is 5.48. The Morgan fingerprint density at radius 2 is 2.25 bits per heavy atom. The average Bonchev–Trinajstić information content (AvgIpc) is 1.83. The number of rotatable bonds is 4. The molecule has 0 amide bonds. The van der Waals surface area contributed by atoms with Crippen LogP contribution in [0.25, 0.3) is 0 Å². The Labute approximate surface area is 51.1 Å². The molecular weight excluding hydrogens is 98.1 g/mol. The van der Waals surface area contributed by atoms with E-state index in [4.69, 9.17) is 0 Å². The van der Waals surface area contributed by atoms with Gasteiger partial charge in [-0.05, 0) is 19.6 Å². The van der Waals surface area contributed by atoms with Gasteiger partial charge >= 0.3 is 0 Å². The van der Waals surface area contributed by atoms with Crippen molar-refractivity contribution in [1.82, 2.24) is 0 Å². The summed E-state index contributed by atoms with van der Waals surface area (Å²) in [6.45, 7) is 9.19. The maximum absolute atomic E-state index is 3.68. The van der Waals surface area contributed by atoms with Crippen LogP contribution in [0.3, 0.4) is 0 Å². The molecule has 0 aromatic heterocycles. The summed E-state index contributed by atoms with van der Waals surface area (Å²) in [4.78, 5) is 3.68. The molecule has 0 aromatic rings. The third-order valence-electron chi connectivity index (χ3n) is 1.04. The first-order valence-electron chi connectivity index (χ1n) is 2.95. The van der Waals surface area contributed by atoms with Gasteiger partial charge in [-0.25, -0.2) is 0 Å². The zero-order valence-electron chi connectivity index (χ0n) is 5.48. The van der Waals surface area contributed by atoms with E-state index in [1.54, 1.807) is 0 Å². The second-order valence-electron chi connectivity index (χ2n) is 1.83. The minimum atomic E-state index is 0.909.